The Labute approximate surface area is 72.2 Å². The summed E-state index contributed by atoms with van der Waals surface area (Å²) in [7, 11) is 0. The first-order valence-electron chi connectivity index (χ1n) is 3.32. The van der Waals surface area contributed by atoms with Crippen LogP contribution in [0.1, 0.15) is 0 Å². The van der Waals surface area contributed by atoms with E-state index in [9.17, 15) is 8.78 Å². The number of anilines is 1. The molecule has 0 aliphatic carbocycles. The molecule has 0 amide bonds. The number of ether oxygens (including phenoxy) is 1. The predicted molar refractivity (Wildman–Crippen MR) is 39.6 cm³/mol. The number of nitrogens with two attached hydrogens (primary N) is 1. The number of rotatable bonds is 3. The monoisotopic (exact) mass is 191 g/mol. The molecular formula is C6H7F2N3O2. The maximum atomic E-state index is 11.6. The third-order valence-corrected chi connectivity index (χ3v) is 1.11. The molecule has 0 aliphatic rings. The van der Waals surface area contributed by atoms with Crippen molar-refractivity contribution < 1.29 is 18.6 Å². The molecule has 3 N–H and O–H groups in total. The van der Waals surface area contributed by atoms with Crippen LogP contribution in [0.25, 0.3) is 0 Å². The number of aromatic nitrogens is 2. The van der Waals surface area contributed by atoms with Gasteiger partial charge in [0.25, 0.3) is 6.43 Å². The first kappa shape index (κ1) is 9.43. The Kier molecular flexibility index (Phi) is 2.78. The minimum atomic E-state index is -2.61. The largest absolute Gasteiger partial charge is 0.492 e. The van der Waals surface area contributed by atoms with Crippen molar-refractivity contribution in [2.75, 3.05) is 12.3 Å². The van der Waals surface area contributed by atoms with E-state index in [1.165, 1.54) is 0 Å². The van der Waals surface area contributed by atoms with E-state index < -0.39 is 18.9 Å². The van der Waals surface area contributed by atoms with Crippen LogP contribution in [0, 0.1) is 0 Å². The molecule has 1 aromatic rings. The van der Waals surface area contributed by atoms with Crippen molar-refractivity contribution in [2.24, 2.45) is 0 Å². The van der Waals surface area contributed by atoms with Crippen molar-refractivity contribution in [1.82, 2.24) is 9.97 Å². The standard InChI is InChI=1S/C6H7F2N3O2/c7-4(8)2-13-6-10-1-3(9)5(12)11-6/h1,4H,2,9H2,(H,10,11,12). The van der Waals surface area contributed by atoms with Crippen LogP contribution in [-0.2, 0) is 0 Å². The highest BCUT2D eigenvalue weighted by Gasteiger charge is 2.07. The van der Waals surface area contributed by atoms with Crippen LogP contribution in [0.4, 0.5) is 14.5 Å². The summed E-state index contributed by atoms with van der Waals surface area (Å²) in [5.74, 6) is -0.487. The third-order valence-electron chi connectivity index (χ3n) is 1.11. The molecule has 0 unspecified atom stereocenters. The maximum Gasteiger partial charge on any atom is 0.320 e. The van der Waals surface area contributed by atoms with Crippen LogP contribution in [0.3, 0.4) is 0 Å². The fourth-order valence-electron chi connectivity index (χ4n) is 0.574. The highest BCUT2D eigenvalue weighted by atomic mass is 19.3. The number of nitrogen functional groups attached to an aromatic ring is 1. The molecule has 13 heavy (non-hydrogen) atoms. The first-order valence-corrected chi connectivity index (χ1v) is 3.32. The normalized spacial score (nSPS) is 10.4. The zero-order chi connectivity index (χ0) is 9.84. The van der Waals surface area contributed by atoms with Crippen LogP contribution in [-0.4, -0.2) is 28.1 Å². The molecular weight excluding hydrogens is 184 g/mol. The Morgan fingerprint density at radius 1 is 1.62 bits per heavy atom. The topological polar surface area (TPSA) is 81.3 Å². The summed E-state index contributed by atoms with van der Waals surface area (Å²) in [5, 5.41) is 8.92. The van der Waals surface area contributed by atoms with Crippen molar-refractivity contribution in [3.63, 3.8) is 0 Å². The predicted octanol–water partition coefficient (Wildman–Crippen LogP) is 0.408. The zero-order valence-electron chi connectivity index (χ0n) is 6.44. The zero-order valence-corrected chi connectivity index (χ0v) is 6.44. The number of nitrogens with zero attached hydrogens (tertiary/aromatic N) is 2. The van der Waals surface area contributed by atoms with Crippen LogP contribution < -0.4 is 10.5 Å². The van der Waals surface area contributed by atoms with E-state index in [-0.39, 0.29) is 11.7 Å². The van der Waals surface area contributed by atoms with Gasteiger partial charge in [-0.25, -0.2) is 13.8 Å². The second-order valence-electron chi connectivity index (χ2n) is 2.13. The van der Waals surface area contributed by atoms with Gasteiger partial charge in [-0.3, -0.25) is 0 Å². The number of hydrogen-bond acceptors (Lipinski definition) is 5. The Balaban J connectivity index is 2.63. The van der Waals surface area contributed by atoms with Crippen molar-refractivity contribution >= 4 is 5.69 Å². The van der Waals surface area contributed by atoms with Gasteiger partial charge in [0.1, 0.15) is 5.69 Å². The van der Waals surface area contributed by atoms with Crippen molar-refractivity contribution in [3.8, 4) is 11.9 Å². The van der Waals surface area contributed by atoms with E-state index in [1.54, 1.807) is 0 Å². The molecule has 1 aromatic heterocycles. The second kappa shape index (κ2) is 3.83. The summed E-state index contributed by atoms with van der Waals surface area (Å²) in [6, 6.07) is -0.327. The Morgan fingerprint density at radius 2 is 2.31 bits per heavy atom. The number of aromatic hydroxyl groups is 1. The van der Waals surface area contributed by atoms with Gasteiger partial charge in [-0.15, -0.1) is 0 Å². The molecule has 1 rings (SSSR count). The summed E-state index contributed by atoms with van der Waals surface area (Å²) in [4.78, 5) is 6.77. The number of hydrogen-bond donors (Lipinski definition) is 2. The van der Waals surface area contributed by atoms with Gasteiger partial charge in [0.15, 0.2) is 6.61 Å². The molecule has 0 spiro atoms. The molecule has 1 heterocycles. The van der Waals surface area contributed by atoms with Crippen molar-refractivity contribution in [1.29, 1.82) is 0 Å². The van der Waals surface area contributed by atoms with Gasteiger partial charge in [0.05, 0.1) is 6.20 Å². The molecule has 0 atom stereocenters. The minimum absolute atomic E-state index is 0.0376. The first-order chi connectivity index (χ1) is 6.09. The third kappa shape index (κ3) is 2.69. The van der Waals surface area contributed by atoms with E-state index >= 15 is 0 Å². The van der Waals surface area contributed by atoms with Gasteiger partial charge in [-0.1, -0.05) is 0 Å². The number of halogens is 2. The quantitative estimate of drug-likeness (QED) is 0.723. The lowest BCUT2D eigenvalue weighted by atomic mass is 10.5. The van der Waals surface area contributed by atoms with Crippen molar-refractivity contribution in [2.45, 2.75) is 6.43 Å². The molecule has 72 valence electrons. The lowest BCUT2D eigenvalue weighted by molar-refractivity contribution is 0.0766. The van der Waals surface area contributed by atoms with Gasteiger partial charge >= 0.3 is 6.01 Å². The molecule has 0 saturated carbocycles. The van der Waals surface area contributed by atoms with Crippen molar-refractivity contribution in [3.05, 3.63) is 6.20 Å². The van der Waals surface area contributed by atoms with Crippen LogP contribution >= 0.6 is 0 Å². The molecule has 0 aliphatic heterocycles. The van der Waals surface area contributed by atoms with Crippen LogP contribution in [0.2, 0.25) is 0 Å². The van der Waals surface area contributed by atoms with E-state index in [0.717, 1.165) is 6.20 Å². The fourth-order valence-corrected chi connectivity index (χ4v) is 0.574. The average Bonchev–Trinajstić information content (AvgIpc) is 2.07. The lowest BCUT2D eigenvalue weighted by Gasteiger charge is -2.03. The van der Waals surface area contributed by atoms with E-state index in [2.05, 4.69) is 14.7 Å². The van der Waals surface area contributed by atoms with Gasteiger partial charge < -0.3 is 15.6 Å². The molecule has 7 heteroatoms. The van der Waals surface area contributed by atoms with Crippen LogP contribution in [0.15, 0.2) is 6.20 Å². The van der Waals surface area contributed by atoms with Gasteiger partial charge in [-0.05, 0) is 0 Å². The van der Waals surface area contributed by atoms with E-state index in [4.69, 9.17) is 10.8 Å². The highest BCUT2D eigenvalue weighted by Crippen LogP contribution is 2.17. The lowest BCUT2D eigenvalue weighted by Crippen LogP contribution is -2.09. The Hall–Kier alpha value is -1.66. The SMILES string of the molecule is Nc1cnc(OCC(F)F)nc1O. The second-order valence-corrected chi connectivity index (χ2v) is 2.13. The average molecular weight is 191 g/mol. The Morgan fingerprint density at radius 3 is 2.85 bits per heavy atom. The molecule has 0 radical (unpaired) electrons. The molecule has 0 saturated heterocycles. The summed E-state index contributed by atoms with van der Waals surface area (Å²) in [6.45, 7) is -0.816. The summed E-state index contributed by atoms with van der Waals surface area (Å²) >= 11 is 0. The summed E-state index contributed by atoms with van der Waals surface area (Å²) < 4.78 is 27.7. The maximum absolute atomic E-state index is 11.6. The summed E-state index contributed by atoms with van der Waals surface area (Å²) in [6.07, 6.45) is -1.54. The molecule has 5 nitrogen and oxygen atoms in total. The van der Waals surface area contributed by atoms with Gasteiger partial charge in [-0.2, -0.15) is 4.98 Å². The highest BCUT2D eigenvalue weighted by molar-refractivity contribution is 5.44. The van der Waals surface area contributed by atoms with Gasteiger partial charge in [0, 0.05) is 0 Å². The molecule has 0 bridgehead atoms. The van der Waals surface area contributed by atoms with E-state index in [0.29, 0.717) is 0 Å². The fraction of sp³-hybridized carbons (Fsp3) is 0.333. The van der Waals surface area contributed by atoms with E-state index in [1.807, 2.05) is 0 Å². The Bertz CT molecular complexity index is 295. The molecule has 0 fully saturated rings. The van der Waals surface area contributed by atoms with Crippen LogP contribution in [0.5, 0.6) is 11.9 Å². The smallest absolute Gasteiger partial charge is 0.320 e. The molecule has 0 aromatic carbocycles. The van der Waals surface area contributed by atoms with Gasteiger partial charge in [0.2, 0.25) is 5.88 Å². The summed E-state index contributed by atoms with van der Waals surface area (Å²) in [5.41, 5.74) is 5.13. The minimum Gasteiger partial charge on any atom is -0.492 e. The number of alkyl halides is 2.